The van der Waals surface area contributed by atoms with Crippen LogP contribution < -0.4 is 10.6 Å². The van der Waals surface area contributed by atoms with Gasteiger partial charge in [0.1, 0.15) is 12.1 Å². The lowest BCUT2D eigenvalue weighted by Crippen LogP contribution is -2.53. The summed E-state index contributed by atoms with van der Waals surface area (Å²) in [5.41, 5.74) is 1.75. The molecule has 0 aliphatic carbocycles. The highest BCUT2D eigenvalue weighted by atomic mass is 32.2. The van der Waals surface area contributed by atoms with Gasteiger partial charge >= 0.3 is 5.97 Å². The molecule has 0 bridgehead atoms. The van der Waals surface area contributed by atoms with Crippen molar-refractivity contribution >= 4 is 34.7 Å². The number of methoxy groups -OCH3 is 1. The Bertz CT molecular complexity index is 921. The summed E-state index contributed by atoms with van der Waals surface area (Å²) in [5.74, 6) is -1.51. The van der Waals surface area contributed by atoms with Gasteiger partial charge in [-0.15, -0.1) is 0 Å². The summed E-state index contributed by atoms with van der Waals surface area (Å²) < 4.78 is 4.66. The van der Waals surface area contributed by atoms with Crippen LogP contribution in [0.25, 0.3) is 0 Å². The van der Waals surface area contributed by atoms with Crippen molar-refractivity contribution in [3.63, 3.8) is 0 Å². The molecule has 2 N–H and O–H groups in total. The van der Waals surface area contributed by atoms with Crippen molar-refractivity contribution in [3.8, 4) is 0 Å². The number of amides is 2. The molecule has 2 amide bonds. The summed E-state index contributed by atoms with van der Waals surface area (Å²) in [6.45, 7) is 2.91. The lowest BCUT2D eigenvalue weighted by Gasteiger charge is -2.23. The van der Waals surface area contributed by atoms with Crippen LogP contribution >= 0.6 is 11.8 Å². The van der Waals surface area contributed by atoms with E-state index in [9.17, 15) is 19.2 Å². The second-order valence-electron chi connectivity index (χ2n) is 7.29. The molecule has 2 aromatic carbocycles. The molecule has 2 rings (SSSR count). The van der Waals surface area contributed by atoms with E-state index in [1.165, 1.54) is 21.0 Å². The molecule has 7 nitrogen and oxygen atoms in total. The monoisotopic (exact) mass is 456 g/mol. The summed E-state index contributed by atoms with van der Waals surface area (Å²) in [6.07, 6.45) is 0.574. The molecule has 0 unspecified atom stereocenters. The van der Waals surface area contributed by atoms with Gasteiger partial charge in [-0.25, -0.2) is 4.79 Å². The van der Waals surface area contributed by atoms with Crippen LogP contribution in [-0.2, 0) is 36.8 Å². The number of esters is 1. The summed E-state index contributed by atoms with van der Waals surface area (Å²) in [6, 6.07) is 16.8. The average molecular weight is 457 g/mol. The number of rotatable bonds is 10. The molecule has 2 aromatic rings. The Balaban J connectivity index is 2.20. The zero-order valence-corrected chi connectivity index (χ0v) is 19.2. The van der Waals surface area contributed by atoms with Crippen LogP contribution in [0.15, 0.2) is 60.7 Å². The minimum atomic E-state index is -0.928. The lowest BCUT2D eigenvalue weighted by molar-refractivity contribution is -0.144. The number of hydrogen-bond donors (Lipinski definition) is 2. The largest absolute Gasteiger partial charge is 0.467 e. The van der Waals surface area contributed by atoms with Crippen LogP contribution in [0.4, 0.5) is 0 Å². The van der Waals surface area contributed by atoms with Crippen LogP contribution in [0.3, 0.4) is 0 Å². The highest BCUT2D eigenvalue weighted by Crippen LogP contribution is 2.18. The summed E-state index contributed by atoms with van der Waals surface area (Å²) in [5, 5.41) is 4.48. The second-order valence-corrected chi connectivity index (χ2v) is 8.67. The smallest absolute Gasteiger partial charge is 0.328 e. The number of nitrogens with one attached hydrogen (secondary N) is 2. The van der Waals surface area contributed by atoms with Crippen molar-refractivity contribution in [1.29, 1.82) is 0 Å². The number of carbonyl (C=O) groups is 4. The molecular weight excluding hydrogens is 428 g/mol. The van der Waals surface area contributed by atoms with Crippen LogP contribution in [0.2, 0.25) is 0 Å². The third-order valence-corrected chi connectivity index (χ3v) is 5.69. The number of benzene rings is 2. The highest BCUT2D eigenvalue weighted by Gasteiger charge is 2.29. The highest BCUT2D eigenvalue weighted by molar-refractivity contribution is 8.14. The molecule has 0 fully saturated rings. The Morgan fingerprint density at radius 2 is 1.38 bits per heavy atom. The maximum atomic E-state index is 13.1. The van der Waals surface area contributed by atoms with E-state index in [4.69, 9.17) is 0 Å². The fourth-order valence-electron chi connectivity index (χ4n) is 3.09. The molecule has 0 saturated carbocycles. The first-order chi connectivity index (χ1) is 15.3. The number of hydrogen-bond acceptors (Lipinski definition) is 6. The standard InChI is InChI=1S/C24H28N2O5S/c1-16(24(30)31-3)25-22(28)20(14-18-10-6-4-7-11-18)26-23(29)21(32-17(2)27)15-19-12-8-5-9-13-19/h4-13,16,20-21H,14-15H2,1-3H3,(H,25,28)(H,26,29)/t16-,20-,21-/m0/s1. The van der Waals surface area contributed by atoms with Gasteiger partial charge < -0.3 is 15.4 Å². The van der Waals surface area contributed by atoms with Crippen molar-refractivity contribution in [1.82, 2.24) is 10.6 Å². The van der Waals surface area contributed by atoms with Crippen LogP contribution in [0.1, 0.15) is 25.0 Å². The maximum absolute atomic E-state index is 13.1. The Hall–Kier alpha value is -3.13. The first-order valence-electron chi connectivity index (χ1n) is 10.2. The third kappa shape index (κ3) is 8.19. The van der Waals surface area contributed by atoms with E-state index in [0.717, 1.165) is 22.9 Å². The average Bonchev–Trinajstić information content (AvgIpc) is 2.78. The van der Waals surface area contributed by atoms with E-state index in [1.54, 1.807) is 0 Å². The predicted octanol–water partition coefficient (Wildman–Crippen LogP) is 2.28. The van der Waals surface area contributed by atoms with Gasteiger partial charge in [-0.1, -0.05) is 72.4 Å². The van der Waals surface area contributed by atoms with Gasteiger partial charge in [-0.2, -0.15) is 0 Å². The zero-order chi connectivity index (χ0) is 23.5. The lowest BCUT2D eigenvalue weighted by atomic mass is 10.0. The van der Waals surface area contributed by atoms with Gasteiger partial charge in [0, 0.05) is 13.3 Å². The molecule has 3 atom stereocenters. The summed E-state index contributed by atoms with van der Waals surface area (Å²) in [4.78, 5) is 49.5. The zero-order valence-electron chi connectivity index (χ0n) is 18.4. The van der Waals surface area contributed by atoms with Gasteiger partial charge in [0.2, 0.25) is 11.8 Å². The van der Waals surface area contributed by atoms with E-state index in [0.29, 0.717) is 6.42 Å². The Morgan fingerprint density at radius 3 is 1.88 bits per heavy atom. The van der Waals surface area contributed by atoms with Crippen molar-refractivity contribution in [2.45, 2.75) is 44.0 Å². The molecule has 0 aliphatic rings. The first kappa shape index (κ1) is 25.1. The number of ether oxygens (including phenoxy) is 1. The minimum absolute atomic E-state index is 0.190. The molecule has 0 radical (unpaired) electrons. The van der Waals surface area contributed by atoms with Crippen LogP contribution in [0.5, 0.6) is 0 Å². The van der Waals surface area contributed by atoms with Gasteiger partial charge in [-0.3, -0.25) is 14.4 Å². The SMILES string of the molecule is COC(=O)[C@H](C)NC(=O)[C@H](Cc1ccccc1)NC(=O)[C@H](Cc1ccccc1)SC(C)=O. The van der Waals surface area contributed by atoms with Crippen molar-refractivity contribution in [3.05, 3.63) is 71.8 Å². The Kier molecular flexibility index (Phi) is 9.94. The third-order valence-electron chi connectivity index (χ3n) is 4.69. The molecule has 32 heavy (non-hydrogen) atoms. The topological polar surface area (TPSA) is 102 Å². The van der Waals surface area contributed by atoms with Crippen LogP contribution in [0, 0.1) is 0 Å². The van der Waals surface area contributed by atoms with E-state index in [2.05, 4.69) is 15.4 Å². The van der Waals surface area contributed by atoms with Crippen molar-refractivity contribution < 1.29 is 23.9 Å². The maximum Gasteiger partial charge on any atom is 0.328 e. The predicted molar refractivity (Wildman–Crippen MR) is 124 cm³/mol. The quantitative estimate of drug-likeness (QED) is 0.532. The van der Waals surface area contributed by atoms with Gasteiger partial charge in [0.15, 0.2) is 5.12 Å². The van der Waals surface area contributed by atoms with Gasteiger partial charge in [0.05, 0.1) is 12.4 Å². The minimum Gasteiger partial charge on any atom is -0.467 e. The van der Waals surface area contributed by atoms with E-state index in [1.807, 2.05) is 60.7 Å². The molecule has 0 heterocycles. The normalized spacial score (nSPS) is 13.3. The van der Waals surface area contributed by atoms with Crippen molar-refractivity contribution in [2.75, 3.05) is 7.11 Å². The van der Waals surface area contributed by atoms with E-state index >= 15 is 0 Å². The molecule has 0 aromatic heterocycles. The number of carbonyl (C=O) groups excluding carboxylic acids is 4. The Morgan fingerprint density at radius 1 is 0.844 bits per heavy atom. The summed E-state index contributed by atoms with van der Waals surface area (Å²) >= 11 is 0.928. The fraction of sp³-hybridized carbons (Fsp3) is 0.333. The van der Waals surface area contributed by atoms with E-state index in [-0.39, 0.29) is 11.5 Å². The first-order valence-corrected chi connectivity index (χ1v) is 11.1. The van der Waals surface area contributed by atoms with E-state index < -0.39 is 35.1 Å². The molecular formula is C24H28N2O5S. The molecule has 170 valence electrons. The van der Waals surface area contributed by atoms with Gasteiger partial charge in [-0.05, 0) is 24.5 Å². The van der Waals surface area contributed by atoms with Crippen LogP contribution in [-0.4, -0.2) is 47.3 Å². The second kappa shape index (κ2) is 12.7. The van der Waals surface area contributed by atoms with Crippen molar-refractivity contribution in [2.24, 2.45) is 0 Å². The summed E-state index contributed by atoms with van der Waals surface area (Å²) in [7, 11) is 1.24. The number of thioether (sulfide) groups is 1. The van der Waals surface area contributed by atoms with Gasteiger partial charge in [0.25, 0.3) is 0 Å². The Labute approximate surface area is 192 Å². The fourth-order valence-corrected chi connectivity index (χ4v) is 3.94. The molecule has 0 aliphatic heterocycles. The molecule has 8 heteroatoms. The molecule has 0 saturated heterocycles. The molecule has 0 spiro atoms.